The summed E-state index contributed by atoms with van der Waals surface area (Å²) in [7, 11) is -4.14. The molecule has 0 radical (unpaired) electrons. The molecule has 2 amide bonds. The number of benzene rings is 4. The summed E-state index contributed by atoms with van der Waals surface area (Å²) in [5, 5.41) is 3.07. The third kappa shape index (κ3) is 8.60. The van der Waals surface area contributed by atoms with Crippen LogP contribution in [0.4, 0.5) is 5.69 Å². The van der Waals surface area contributed by atoms with Crippen LogP contribution in [-0.2, 0) is 32.6 Å². The molecule has 4 aromatic rings. The molecular weight excluding hydrogens is 582 g/mol. The highest BCUT2D eigenvalue weighted by Gasteiger charge is 2.35. The van der Waals surface area contributed by atoms with Crippen molar-refractivity contribution in [1.82, 2.24) is 10.2 Å². The van der Waals surface area contributed by atoms with Crippen molar-refractivity contribution < 1.29 is 18.0 Å². The first-order chi connectivity index (χ1) is 21.5. The lowest BCUT2D eigenvalue weighted by Gasteiger charge is -2.34. The minimum atomic E-state index is -4.14. The monoisotopic (exact) mass is 625 g/mol. The molecule has 0 fully saturated rings. The maximum atomic E-state index is 14.6. The molecule has 7 nitrogen and oxygen atoms in total. The van der Waals surface area contributed by atoms with Crippen LogP contribution in [0.2, 0.25) is 0 Å². The van der Waals surface area contributed by atoms with Crippen LogP contribution in [0.5, 0.6) is 0 Å². The van der Waals surface area contributed by atoms with E-state index in [1.807, 2.05) is 95.3 Å². The molecule has 45 heavy (non-hydrogen) atoms. The van der Waals surface area contributed by atoms with Crippen LogP contribution in [-0.4, -0.2) is 43.8 Å². The van der Waals surface area contributed by atoms with Gasteiger partial charge >= 0.3 is 0 Å². The molecule has 0 aliphatic heterocycles. The molecule has 4 aromatic carbocycles. The number of carbonyl (C=O) groups is 2. The van der Waals surface area contributed by atoms with E-state index in [0.29, 0.717) is 5.69 Å². The van der Waals surface area contributed by atoms with Crippen molar-refractivity contribution in [2.75, 3.05) is 10.8 Å². The van der Waals surface area contributed by atoms with Gasteiger partial charge in [-0.2, -0.15) is 0 Å². The average Bonchev–Trinajstić information content (AvgIpc) is 3.02. The van der Waals surface area contributed by atoms with E-state index >= 15 is 0 Å². The van der Waals surface area contributed by atoms with Crippen molar-refractivity contribution in [2.45, 2.75) is 71.0 Å². The Bertz CT molecular complexity index is 1710. The van der Waals surface area contributed by atoms with Crippen LogP contribution in [0.25, 0.3) is 0 Å². The maximum absolute atomic E-state index is 14.6. The fourth-order valence-corrected chi connectivity index (χ4v) is 6.52. The van der Waals surface area contributed by atoms with Crippen molar-refractivity contribution >= 4 is 27.5 Å². The lowest BCUT2D eigenvalue weighted by molar-refractivity contribution is -0.140. The van der Waals surface area contributed by atoms with Crippen molar-refractivity contribution in [3.63, 3.8) is 0 Å². The van der Waals surface area contributed by atoms with E-state index in [1.165, 1.54) is 0 Å². The summed E-state index contributed by atoms with van der Waals surface area (Å²) in [5.74, 6) is -0.755. The molecule has 0 spiro atoms. The second-order valence-electron chi connectivity index (χ2n) is 11.6. The van der Waals surface area contributed by atoms with Gasteiger partial charge in [-0.15, -0.1) is 0 Å². The van der Waals surface area contributed by atoms with Gasteiger partial charge in [-0.25, -0.2) is 8.42 Å². The topological polar surface area (TPSA) is 86.8 Å². The second kappa shape index (κ2) is 15.0. The lowest BCUT2D eigenvalue weighted by Crippen LogP contribution is -2.54. The van der Waals surface area contributed by atoms with Crippen molar-refractivity contribution in [2.24, 2.45) is 0 Å². The second-order valence-corrected chi connectivity index (χ2v) is 13.5. The Balaban J connectivity index is 1.82. The minimum absolute atomic E-state index is 0.0863. The third-order valence-electron chi connectivity index (χ3n) is 8.05. The van der Waals surface area contributed by atoms with Crippen LogP contribution in [0.3, 0.4) is 0 Å². The fraction of sp³-hybridized carbons (Fsp3) is 0.297. The molecule has 0 saturated carbocycles. The fourth-order valence-electron chi connectivity index (χ4n) is 5.12. The van der Waals surface area contributed by atoms with Crippen molar-refractivity contribution in [3.05, 3.63) is 131 Å². The summed E-state index contributed by atoms with van der Waals surface area (Å²) in [6.07, 6.45) is 1.00. The van der Waals surface area contributed by atoms with E-state index in [2.05, 4.69) is 5.32 Å². The van der Waals surface area contributed by atoms with Gasteiger partial charge in [-0.1, -0.05) is 91.3 Å². The number of carbonyl (C=O) groups excluding carboxylic acids is 2. The quantitative estimate of drug-likeness (QED) is 0.187. The maximum Gasteiger partial charge on any atom is 0.264 e. The van der Waals surface area contributed by atoms with Gasteiger partial charge in [0.25, 0.3) is 10.0 Å². The van der Waals surface area contributed by atoms with Crippen LogP contribution in [0, 0.1) is 20.8 Å². The zero-order valence-corrected chi connectivity index (χ0v) is 27.6. The Kier molecular flexibility index (Phi) is 11.2. The standard InChI is InChI=1S/C37H43N3O4S/c1-6-30(5)38-37(42)35(24-31-15-8-7-9-16-31)39(25-32-17-11-10-14-29(32)4)36(41)26-40(33-18-12-13-28(3)23-33)45(43,44)34-21-19-27(2)20-22-34/h7-23,30,35H,6,24-26H2,1-5H3,(H,38,42)/t30-,35+/m1/s1. The molecule has 236 valence electrons. The van der Waals surface area contributed by atoms with Crippen LogP contribution < -0.4 is 9.62 Å². The molecule has 4 rings (SSSR count). The van der Waals surface area contributed by atoms with Gasteiger partial charge in [0.1, 0.15) is 12.6 Å². The number of nitrogens with one attached hydrogen (secondary N) is 1. The van der Waals surface area contributed by atoms with E-state index in [4.69, 9.17) is 0 Å². The molecule has 0 bridgehead atoms. The summed E-state index contributed by atoms with van der Waals surface area (Å²) in [5.41, 5.74) is 4.90. The molecule has 8 heteroatoms. The van der Waals surface area contributed by atoms with E-state index in [-0.39, 0.29) is 29.8 Å². The summed E-state index contributed by atoms with van der Waals surface area (Å²) in [6, 6.07) is 30.0. The smallest absolute Gasteiger partial charge is 0.264 e. The normalized spacial score (nSPS) is 12.6. The van der Waals surface area contributed by atoms with Crippen LogP contribution in [0.1, 0.15) is 48.1 Å². The summed E-state index contributed by atoms with van der Waals surface area (Å²) < 4.78 is 29.5. The molecular formula is C37H43N3O4S. The molecule has 2 atom stereocenters. The molecule has 0 aliphatic carbocycles. The molecule has 0 heterocycles. The van der Waals surface area contributed by atoms with Crippen molar-refractivity contribution in [1.29, 1.82) is 0 Å². The minimum Gasteiger partial charge on any atom is -0.352 e. The van der Waals surface area contributed by atoms with E-state index < -0.39 is 28.5 Å². The Morgan fingerprint density at radius 1 is 0.800 bits per heavy atom. The number of rotatable bonds is 13. The Hall–Kier alpha value is -4.43. The number of hydrogen-bond donors (Lipinski definition) is 1. The van der Waals surface area contributed by atoms with Gasteiger partial charge in [-0.3, -0.25) is 13.9 Å². The molecule has 1 N–H and O–H groups in total. The molecule has 0 saturated heterocycles. The Morgan fingerprint density at radius 3 is 2.11 bits per heavy atom. The van der Waals surface area contributed by atoms with Gasteiger partial charge in [0.2, 0.25) is 11.8 Å². The van der Waals surface area contributed by atoms with Gasteiger partial charge in [0.15, 0.2) is 0 Å². The third-order valence-corrected chi connectivity index (χ3v) is 9.84. The summed E-state index contributed by atoms with van der Waals surface area (Å²) in [6.45, 7) is 9.31. The number of aryl methyl sites for hydroxylation is 3. The highest BCUT2D eigenvalue weighted by Crippen LogP contribution is 2.26. The number of hydrogen-bond acceptors (Lipinski definition) is 4. The van der Waals surface area contributed by atoms with E-state index in [0.717, 1.165) is 38.5 Å². The Morgan fingerprint density at radius 2 is 1.47 bits per heavy atom. The highest BCUT2D eigenvalue weighted by atomic mass is 32.2. The predicted octanol–water partition coefficient (Wildman–Crippen LogP) is 6.36. The summed E-state index contributed by atoms with van der Waals surface area (Å²) in [4.78, 5) is 30.2. The molecule has 0 aromatic heterocycles. The highest BCUT2D eigenvalue weighted by molar-refractivity contribution is 7.92. The first kappa shape index (κ1) is 33.5. The van der Waals surface area contributed by atoms with Crippen molar-refractivity contribution in [3.8, 4) is 0 Å². The van der Waals surface area contributed by atoms with Crippen LogP contribution in [0.15, 0.2) is 108 Å². The Labute approximate surface area is 268 Å². The first-order valence-corrected chi connectivity index (χ1v) is 16.8. The lowest BCUT2D eigenvalue weighted by atomic mass is 10.0. The first-order valence-electron chi connectivity index (χ1n) is 15.3. The van der Waals surface area contributed by atoms with Gasteiger partial charge in [0.05, 0.1) is 10.6 Å². The van der Waals surface area contributed by atoms with E-state index in [9.17, 15) is 18.0 Å². The van der Waals surface area contributed by atoms with Gasteiger partial charge in [-0.05, 0) is 80.6 Å². The average molecular weight is 626 g/mol. The summed E-state index contributed by atoms with van der Waals surface area (Å²) >= 11 is 0. The van der Waals surface area contributed by atoms with E-state index in [1.54, 1.807) is 47.4 Å². The zero-order chi connectivity index (χ0) is 32.6. The molecule has 0 aliphatic rings. The SMILES string of the molecule is CC[C@@H](C)NC(=O)[C@H](Cc1ccccc1)N(Cc1ccccc1C)C(=O)CN(c1cccc(C)c1)S(=O)(=O)c1ccc(C)cc1. The number of nitrogens with zero attached hydrogens (tertiary/aromatic N) is 2. The van der Waals surface area contributed by atoms with Gasteiger partial charge < -0.3 is 10.2 Å². The number of sulfonamides is 1. The molecule has 0 unspecified atom stereocenters. The van der Waals surface area contributed by atoms with Gasteiger partial charge in [0, 0.05) is 19.0 Å². The zero-order valence-electron chi connectivity index (χ0n) is 26.7. The number of anilines is 1. The largest absolute Gasteiger partial charge is 0.352 e. The number of amides is 2. The predicted molar refractivity (Wildman–Crippen MR) is 180 cm³/mol. The van der Waals surface area contributed by atoms with Crippen LogP contribution >= 0.6 is 0 Å².